The van der Waals surface area contributed by atoms with Gasteiger partial charge in [0, 0.05) is 12.0 Å². The van der Waals surface area contributed by atoms with Gasteiger partial charge in [0.05, 0.1) is 17.1 Å². The predicted octanol–water partition coefficient (Wildman–Crippen LogP) is 2.70. The zero-order valence-electron chi connectivity index (χ0n) is 20.1. The van der Waals surface area contributed by atoms with Crippen LogP contribution in [0.1, 0.15) is 52.5 Å². The van der Waals surface area contributed by atoms with Crippen molar-refractivity contribution in [3.8, 4) is 5.75 Å². The Kier molecular flexibility index (Phi) is 7.15. The number of hydrogen-bond acceptors (Lipinski definition) is 6. The summed E-state index contributed by atoms with van der Waals surface area (Å²) in [6.07, 6.45) is 5.04. The fourth-order valence-electron chi connectivity index (χ4n) is 3.91. The number of ether oxygens (including phenoxy) is 1. The van der Waals surface area contributed by atoms with Crippen molar-refractivity contribution >= 4 is 21.8 Å². The van der Waals surface area contributed by atoms with E-state index in [1.807, 2.05) is 0 Å². The van der Waals surface area contributed by atoms with E-state index in [-0.39, 0.29) is 42.7 Å². The van der Waals surface area contributed by atoms with E-state index < -0.39 is 38.2 Å². The molecule has 0 aromatic heterocycles. The largest absolute Gasteiger partial charge is 0.488 e. The van der Waals surface area contributed by atoms with Gasteiger partial charge in [0.2, 0.25) is 0 Å². The molecule has 1 aliphatic carbocycles. The number of imide groups is 1. The molecule has 2 fully saturated rings. The molecule has 1 saturated heterocycles. The highest BCUT2D eigenvalue weighted by Crippen LogP contribution is 2.50. The van der Waals surface area contributed by atoms with E-state index in [1.165, 1.54) is 17.0 Å². The van der Waals surface area contributed by atoms with E-state index in [4.69, 9.17) is 4.74 Å². The molecule has 1 aromatic carbocycles. The lowest BCUT2D eigenvalue weighted by Gasteiger charge is -2.26. The summed E-state index contributed by atoms with van der Waals surface area (Å²) in [6, 6.07) is 3.94. The Morgan fingerprint density at radius 3 is 2.47 bits per heavy atom. The van der Waals surface area contributed by atoms with Crippen molar-refractivity contribution in [1.82, 2.24) is 10.2 Å². The Labute approximate surface area is 200 Å². The third kappa shape index (κ3) is 6.15. The lowest BCUT2D eigenvalue weighted by molar-refractivity contribution is -0.124. The first-order valence-electron chi connectivity index (χ1n) is 11.3. The highest BCUT2D eigenvalue weighted by molar-refractivity contribution is 7.91. The molecule has 1 saturated carbocycles. The highest BCUT2D eigenvalue weighted by Gasteiger charge is 2.48. The standard InChI is InChI=1S/C24H33FN2O6S/c1-22(2,30)15-33-19-14-17(8-9-18(19)25)24(10-11-24)16-34(31,32)13-7-5-6-12-27-21(29)26-20(28)23(27,3)4/h5-6,8-9,14,30H,7,10-13,15-16H2,1-4H3,(H,26,28,29)/b6-5+. The number of allylic oxidation sites excluding steroid dienone is 1. The minimum Gasteiger partial charge on any atom is -0.488 e. The van der Waals surface area contributed by atoms with Crippen molar-refractivity contribution in [3.05, 3.63) is 41.7 Å². The van der Waals surface area contributed by atoms with Crippen LogP contribution in [0.15, 0.2) is 30.4 Å². The number of rotatable bonds is 11. The second-order valence-corrected chi connectivity index (χ2v) is 12.5. The summed E-state index contributed by atoms with van der Waals surface area (Å²) >= 11 is 0. The van der Waals surface area contributed by atoms with E-state index in [0.717, 1.165) is 0 Å². The van der Waals surface area contributed by atoms with Crippen LogP contribution >= 0.6 is 0 Å². The SMILES string of the molecule is CC(C)(O)COc1cc(C2(CS(=O)(=O)CC/C=C/CN3C(=O)NC(=O)C3(C)C)CC2)ccc1F. The number of hydrogen-bond donors (Lipinski definition) is 2. The van der Waals surface area contributed by atoms with E-state index in [9.17, 15) is 27.5 Å². The maximum absolute atomic E-state index is 14.2. The summed E-state index contributed by atoms with van der Waals surface area (Å²) in [5, 5.41) is 12.1. The first kappa shape index (κ1) is 26.2. The number of amides is 3. The third-order valence-electron chi connectivity index (χ3n) is 6.22. The van der Waals surface area contributed by atoms with Gasteiger partial charge in [-0.2, -0.15) is 0 Å². The Balaban J connectivity index is 1.57. The lowest BCUT2D eigenvalue weighted by atomic mass is 9.98. The predicted molar refractivity (Wildman–Crippen MR) is 126 cm³/mol. The first-order chi connectivity index (χ1) is 15.7. The molecule has 0 atom stereocenters. The van der Waals surface area contributed by atoms with Crippen molar-refractivity contribution in [1.29, 1.82) is 0 Å². The average Bonchev–Trinajstić information content (AvgIpc) is 3.44. The number of nitrogens with zero attached hydrogens (tertiary/aromatic N) is 1. The number of halogens is 1. The average molecular weight is 497 g/mol. The van der Waals surface area contributed by atoms with Gasteiger partial charge >= 0.3 is 6.03 Å². The second kappa shape index (κ2) is 9.30. The van der Waals surface area contributed by atoms with Crippen LogP contribution in [-0.4, -0.2) is 66.2 Å². The van der Waals surface area contributed by atoms with Gasteiger partial charge in [-0.25, -0.2) is 17.6 Å². The van der Waals surface area contributed by atoms with Gasteiger partial charge in [-0.15, -0.1) is 0 Å². The topological polar surface area (TPSA) is 113 Å². The minimum absolute atomic E-state index is 0.00131. The van der Waals surface area contributed by atoms with Gasteiger partial charge in [-0.1, -0.05) is 18.2 Å². The molecule has 10 heteroatoms. The van der Waals surface area contributed by atoms with Crippen LogP contribution in [0.3, 0.4) is 0 Å². The lowest BCUT2D eigenvalue weighted by Crippen LogP contribution is -2.44. The molecule has 1 heterocycles. The van der Waals surface area contributed by atoms with Gasteiger partial charge in [0.1, 0.15) is 12.1 Å². The van der Waals surface area contributed by atoms with Crippen LogP contribution in [0, 0.1) is 5.82 Å². The van der Waals surface area contributed by atoms with E-state index in [2.05, 4.69) is 5.32 Å². The summed E-state index contributed by atoms with van der Waals surface area (Å²) in [7, 11) is -3.40. The maximum Gasteiger partial charge on any atom is 0.325 e. The van der Waals surface area contributed by atoms with Crippen molar-refractivity contribution in [3.63, 3.8) is 0 Å². The quantitative estimate of drug-likeness (QED) is 0.360. The van der Waals surface area contributed by atoms with Gasteiger partial charge in [0.25, 0.3) is 5.91 Å². The van der Waals surface area contributed by atoms with Crippen molar-refractivity contribution in [2.24, 2.45) is 0 Å². The van der Waals surface area contributed by atoms with Crippen molar-refractivity contribution in [2.45, 2.75) is 63.5 Å². The normalized spacial score (nSPS) is 19.5. The summed E-state index contributed by atoms with van der Waals surface area (Å²) in [5.41, 5.74) is -1.91. The molecular formula is C24H33FN2O6S. The Morgan fingerprint density at radius 2 is 1.91 bits per heavy atom. The van der Waals surface area contributed by atoms with E-state index in [1.54, 1.807) is 45.9 Å². The smallest absolute Gasteiger partial charge is 0.325 e. The molecule has 0 spiro atoms. The van der Waals surface area contributed by atoms with E-state index in [0.29, 0.717) is 18.4 Å². The number of benzene rings is 1. The van der Waals surface area contributed by atoms with Crippen LogP contribution in [0.5, 0.6) is 5.75 Å². The van der Waals surface area contributed by atoms with Crippen LogP contribution < -0.4 is 10.1 Å². The molecule has 34 heavy (non-hydrogen) atoms. The summed E-state index contributed by atoms with van der Waals surface area (Å²) < 4.78 is 45.2. The summed E-state index contributed by atoms with van der Waals surface area (Å²) in [4.78, 5) is 25.1. The zero-order chi connectivity index (χ0) is 25.4. The maximum atomic E-state index is 14.2. The highest BCUT2D eigenvalue weighted by atomic mass is 32.2. The van der Waals surface area contributed by atoms with E-state index >= 15 is 0 Å². The Morgan fingerprint density at radius 1 is 1.24 bits per heavy atom. The molecule has 3 rings (SSSR count). The van der Waals surface area contributed by atoms with Crippen LogP contribution in [0.2, 0.25) is 0 Å². The second-order valence-electron chi connectivity index (χ2n) is 10.3. The summed E-state index contributed by atoms with van der Waals surface area (Å²) in [6.45, 7) is 6.53. The molecule has 2 aliphatic rings. The molecule has 2 N–H and O–H groups in total. The fourth-order valence-corrected chi connectivity index (χ4v) is 5.85. The monoisotopic (exact) mass is 496 g/mol. The molecular weight excluding hydrogens is 463 g/mol. The minimum atomic E-state index is -3.40. The number of carbonyl (C=O) groups is 2. The molecule has 0 unspecified atom stereocenters. The van der Waals surface area contributed by atoms with Gasteiger partial charge in [0.15, 0.2) is 21.4 Å². The molecule has 1 aliphatic heterocycles. The molecule has 3 amide bonds. The van der Waals surface area contributed by atoms with Gasteiger partial charge in [-0.05, 0) is 64.7 Å². The third-order valence-corrected chi connectivity index (χ3v) is 8.07. The Bertz CT molecular complexity index is 1090. The number of urea groups is 1. The fraction of sp³-hybridized carbons (Fsp3) is 0.583. The zero-order valence-corrected chi connectivity index (χ0v) is 20.9. The molecule has 1 aromatic rings. The number of sulfone groups is 1. The van der Waals surface area contributed by atoms with Crippen LogP contribution in [0.4, 0.5) is 9.18 Å². The van der Waals surface area contributed by atoms with Gasteiger partial charge in [-0.3, -0.25) is 10.1 Å². The number of aliphatic hydroxyl groups is 1. The summed E-state index contributed by atoms with van der Waals surface area (Å²) in [5.74, 6) is -1.02. The molecule has 188 valence electrons. The number of nitrogens with one attached hydrogen (secondary N) is 1. The Hall–Kier alpha value is -2.46. The van der Waals surface area contributed by atoms with Crippen LogP contribution in [0.25, 0.3) is 0 Å². The van der Waals surface area contributed by atoms with Crippen molar-refractivity contribution < 1.29 is 32.2 Å². The number of carbonyl (C=O) groups excluding carboxylic acids is 2. The molecule has 0 bridgehead atoms. The molecule has 8 nitrogen and oxygen atoms in total. The van der Waals surface area contributed by atoms with Crippen molar-refractivity contribution in [2.75, 3.05) is 24.7 Å². The first-order valence-corrected chi connectivity index (χ1v) is 13.1. The van der Waals surface area contributed by atoms with Crippen LogP contribution in [-0.2, 0) is 20.0 Å². The van der Waals surface area contributed by atoms with Gasteiger partial charge < -0.3 is 14.7 Å². The molecule has 0 radical (unpaired) electrons.